The number of sulfone groups is 1. The van der Waals surface area contributed by atoms with Crippen molar-refractivity contribution in [2.24, 2.45) is 0 Å². The normalized spacial score (nSPS) is 15.8. The van der Waals surface area contributed by atoms with Crippen molar-refractivity contribution < 1.29 is 8.42 Å². The summed E-state index contributed by atoms with van der Waals surface area (Å²) in [5, 5.41) is 3.48. The highest BCUT2D eigenvalue weighted by molar-refractivity contribution is 8.00. The summed E-state index contributed by atoms with van der Waals surface area (Å²) in [5.41, 5.74) is 1.27. The van der Waals surface area contributed by atoms with Gasteiger partial charge >= 0.3 is 0 Å². The van der Waals surface area contributed by atoms with E-state index in [2.05, 4.69) is 17.4 Å². The van der Waals surface area contributed by atoms with Gasteiger partial charge in [0.25, 0.3) is 0 Å². The summed E-state index contributed by atoms with van der Waals surface area (Å²) in [4.78, 5) is 1.15. The molecule has 0 aliphatic heterocycles. The van der Waals surface area contributed by atoms with Crippen LogP contribution in [0, 0.1) is 0 Å². The highest BCUT2D eigenvalue weighted by atomic mass is 32.2. The van der Waals surface area contributed by atoms with E-state index in [0.717, 1.165) is 11.4 Å². The van der Waals surface area contributed by atoms with Crippen molar-refractivity contribution in [2.45, 2.75) is 30.3 Å². The van der Waals surface area contributed by atoms with Crippen LogP contribution in [0.25, 0.3) is 0 Å². The van der Waals surface area contributed by atoms with Gasteiger partial charge in [-0.3, -0.25) is 0 Å². The van der Waals surface area contributed by atoms with Crippen LogP contribution in [0.1, 0.15) is 18.4 Å². The van der Waals surface area contributed by atoms with Crippen molar-refractivity contribution in [3.8, 4) is 0 Å². The average Bonchev–Trinajstić information content (AvgIpc) is 3.09. The lowest BCUT2D eigenvalue weighted by molar-refractivity contribution is 0.603. The Labute approximate surface area is 113 Å². The molecule has 1 aliphatic carbocycles. The number of nitrogens with one attached hydrogen (secondary N) is 1. The van der Waals surface area contributed by atoms with E-state index in [1.807, 2.05) is 12.1 Å². The Hall–Kier alpha value is -0.520. The summed E-state index contributed by atoms with van der Waals surface area (Å²) in [5.74, 6) is 0.862. The van der Waals surface area contributed by atoms with Gasteiger partial charge in [-0.05, 0) is 30.5 Å². The molecule has 0 aromatic heterocycles. The quantitative estimate of drug-likeness (QED) is 0.779. The van der Waals surface area contributed by atoms with Crippen LogP contribution in [0.5, 0.6) is 0 Å². The molecule has 0 spiro atoms. The van der Waals surface area contributed by atoms with Crippen LogP contribution >= 0.6 is 11.8 Å². The Kier molecular flexibility index (Phi) is 4.70. The van der Waals surface area contributed by atoms with Crippen molar-refractivity contribution in [3.63, 3.8) is 0 Å². The third kappa shape index (κ3) is 5.42. The lowest BCUT2D eigenvalue weighted by Crippen LogP contribution is -2.15. The van der Waals surface area contributed by atoms with Gasteiger partial charge in [0.15, 0.2) is 0 Å². The Morgan fingerprint density at radius 3 is 2.83 bits per heavy atom. The van der Waals surface area contributed by atoms with Crippen LogP contribution in [0.15, 0.2) is 29.2 Å². The number of hydrogen-bond acceptors (Lipinski definition) is 4. The molecular weight excluding hydrogens is 266 g/mol. The first-order chi connectivity index (χ1) is 8.53. The molecule has 1 N–H and O–H groups in total. The predicted octanol–water partition coefficient (Wildman–Crippen LogP) is 2.08. The molecule has 0 unspecified atom stereocenters. The van der Waals surface area contributed by atoms with Gasteiger partial charge in [0.2, 0.25) is 0 Å². The van der Waals surface area contributed by atoms with Crippen LogP contribution in [0.3, 0.4) is 0 Å². The molecule has 18 heavy (non-hydrogen) atoms. The van der Waals surface area contributed by atoms with E-state index in [0.29, 0.717) is 11.8 Å². The number of benzene rings is 1. The van der Waals surface area contributed by atoms with E-state index in [1.165, 1.54) is 24.7 Å². The molecule has 1 aromatic carbocycles. The molecule has 0 radical (unpaired) electrons. The third-order valence-corrected chi connectivity index (χ3v) is 4.99. The molecule has 0 bridgehead atoms. The largest absolute Gasteiger partial charge is 0.310 e. The van der Waals surface area contributed by atoms with Gasteiger partial charge < -0.3 is 5.32 Å². The van der Waals surface area contributed by atoms with Crippen LogP contribution < -0.4 is 5.32 Å². The highest BCUT2D eigenvalue weighted by Gasteiger charge is 2.19. The smallest absolute Gasteiger partial charge is 0.148 e. The summed E-state index contributed by atoms with van der Waals surface area (Å²) >= 11 is 1.60. The fourth-order valence-corrected chi connectivity index (χ4v) is 3.80. The number of rotatable bonds is 7. The second-order valence-electron chi connectivity index (χ2n) is 4.78. The first-order valence-corrected chi connectivity index (χ1v) is 9.20. The predicted molar refractivity (Wildman–Crippen MR) is 76.7 cm³/mol. The molecule has 0 heterocycles. The molecule has 1 fully saturated rings. The van der Waals surface area contributed by atoms with E-state index in [1.54, 1.807) is 11.8 Å². The maximum atomic E-state index is 11.0. The van der Waals surface area contributed by atoms with Crippen molar-refractivity contribution in [3.05, 3.63) is 29.8 Å². The van der Waals surface area contributed by atoms with E-state index in [4.69, 9.17) is 0 Å². The van der Waals surface area contributed by atoms with E-state index < -0.39 is 9.84 Å². The van der Waals surface area contributed by atoms with Gasteiger partial charge in [-0.25, -0.2) is 8.42 Å². The first kappa shape index (κ1) is 13.9. The fraction of sp³-hybridized carbons (Fsp3) is 0.538. The summed E-state index contributed by atoms with van der Waals surface area (Å²) in [6.07, 6.45) is 3.87. The number of hydrogen-bond donors (Lipinski definition) is 1. The maximum absolute atomic E-state index is 11.0. The molecule has 1 saturated carbocycles. The van der Waals surface area contributed by atoms with Crippen molar-refractivity contribution in [2.75, 3.05) is 17.8 Å². The summed E-state index contributed by atoms with van der Waals surface area (Å²) < 4.78 is 22.1. The lowest BCUT2D eigenvalue weighted by Gasteiger charge is -2.06. The van der Waals surface area contributed by atoms with Gasteiger partial charge in [-0.1, -0.05) is 12.1 Å². The molecule has 1 aromatic rings. The first-order valence-electron chi connectivity index (χ1n) is 6.16. The standard InChI is InChI=1S/C13H19NO2S2/c1-18(15,16)8-7-17-13-4-2-3-11(9-13)10-14-12-5-6-12/h2-4,9,12,14H,5-8,10H2,1H3. The zero-order valence-electron chi connectivity index (χ0n) is 10.6. The van der Waals surface area contributed by atoms with Gasteiger partial charge in [0.05, 0.1) is 5.75 Å². The van der Waals surface area contributed by atoms with E-state index in [-0.39, 0.29) is 5.75 Å². The van der Waals surface area contributed by atoms with Crippen LogP contribution in [-0.4, -0.2) is 32.2 Å². The van der Waals surface area contributed by atoms with Crippen LogP contribution in [-0.2, 0) is 16.4 Å². The van der Waals surface area contributed by atoms with E-state index in [9.17, 15) is 8.42 Å². The highest BCUT2D eigenvalue weighted by Crippen LogP contribution is 2.22. The van der Waals surface area contributed by atoms with Crippen LogP contribution in [0.2, 0.25) is 0 Å². The summed E-state index contributed by atoms with van der Waals surface area (Å²) in [7, 11) is -2.85. The lowest BCUT2D eigenvalue weighted by atomic mass is 10.2. The van der Waals surface area contributed by atoms with Crippen LogP contribution in [0.4, 0.5) is 0 Å². The Morgan fingerprint density at radius 1 is 1.39 bits per heavy atom. The van der Waals surface area contributed by atoms with Crippen molar-refractivity contribution >= 4 is 21.6 Å². The molecule has 3 nitrogen and oxygen atoms in total. The van der Waals surface area contributed by atoms with Gasteiger partial charge in [-0.15, -0.1) is 11.8 Å². The van der Waals surface area contributed by atoms with E-state index >= 15 is 0 Å². The number of thioether (sulfide) groups is 1. The Bertz CT molecular complexity index is 495. The molecule has 0 saturated heterocycles. The molecule has 2 rings (SSSR count). The minimum atomic E-state index is -2.85. The summed E-state index contributed by atoms with van der Waals surface area (Å²) in [6.45, 7) is 0.908. The molecule has 100 valence electrons. The Morgan fingerprint density at radius 2 is 2.17 bits per heavy atom. The molecule has 0 atom stereocenters. The van der Waals surface area contributed by atoms with Gasteiger partial charge in [0.1, 0.15) is 9.84 Å². The zero-order valence-corrected chi connectivity index (χ0v) is 12.2. The molecule has 1 aliphatic rings. The second kappa shape index (κ2) is 6.08. The van der Waals surface area contributed by atoms with Crippen molar-refractivity contribution in [1.82, 2.24) is 5.32 Å². The minimum absolute atomic E-state index is 0.238. The molecule has 5 heteroatoms. The molecular formula is C13H19NO2S2. The summed E-state index contributed by atoms with van der Waals surface area (Å²) in [6, 6.07) is 9.03. The molecule has 0 amide bonds. The zero-order chi connectivity index (χ0) is 13.0. The minimum Gasteiger partial charge on any atom is -0.310 e. The van der Waals surface area contributed by atoms with Gasteiger partial charge in [0, 0.05) is 29.5 Å². The van der Waals surface area contributed by atoms with Crippen molar-refractivity contribution in [1.29, 1.82) is 0 Å². The second-order valence-corrected chi connectivity index (χ2v) is 8.21. The monoisotopic (exact) mass is 285 g/mol. The fourth-order valence-electron chi connectivity index (χ4n) is 1.61. The van der Waals surface area contributed by atoms with Gasteiger partial charge in [-0.2, -0.15) is 0 Å². The SMILES string of the molecule is CS(=O)(=O)CCSc1cccc(CNC2CC2)c1. The average molecular weight is 285 g/mol. The Balaban J connectivity index is 1.82. The maximum Gasteiger partial charge on any atom is 0.148 e. The third-order valence-electron chi connectivity index (χ3n) is 2.79. The topological polar surface area (TPSA) is 46.2 Å².